The molecule has 0 aliphatic carbocycles. The van der Waals surface area contributed by atoms with E-state index in [0.717, 1.165) is 103 Å². The average molecular weight is 839 g/mol. The monoisotopic (exact) mass is 839 g/mol. The van der Waals surface area contributed by atoms with Gasteiger partial charge in [0.25, 0.3) is 0 Å². The second-order valence-electron chi connectivity index (χ2n) is 16.7. The van der Waals surface area contributed by atoms with Crippen LogP contribution in [0, 0.1) is 0 Å². The normalized spacial score (nSPS) is 12.5. The largest absolute Gasteiger partial charge is 0.462 e. The van der Waals surface area contributed by atoms with Crippen LogP contribution in [0.2, 0.25) is 0 Å². The van der Waals surface area contributed by atoms with E-state index in [0.29, 0.717) is 19.3 Å². The minimum atomic E-state index is -0.792. The van der Waals surface area contributed by atoms with Gasteiger partial charge in [0.1, 0.15) is 13.2 Å². The van der Waals surface area contributed by atoms with Crippen molar-refractivity contribution in [2.75, 3.05) is 13.2 Å². The van der Waals surface area contributed by atoms with Gasteiger partial charge in [-0.15, -0.1) is 0 Å². The molecule has 0 aliphatic heterocycles. The molecule has 0 saturated carbocycles. The third-order valence-corrected chi connectivity index (χ3v) is 10.8. The summed E-state index contributed by atoms with van der Waals surface area (Å²) in [5.74, 6) is -0.934. The van der Waals surface area contributed by atoms with Gasteiger partial charge in [-0.25, -0.2) is 0 Å². The van der Waals surface area contributed by atoms with E-state index in [2.05, 4.69) is 81.5 Å². The number of hydrogen-bond donors (Lipinski definition) is 0. The zero-order chi connectivity index (χ0) is 43.7. The summed E-state index contributed by atoms with van der Waals surface area (Å²) in [6.07, 6.45) is 59.2. The van der Waals surface area contributed by atoms with Crippen LogP contribution in [0.5, 0.6) is 0 Å². The molecule has 346 valence electrons. The second-order valence-corrected chi connectivity index (χ2v) is 16.7. The van der Waals surface area contributed by atoms with Gasteiger partial charge in [0.15, 0.2) is 6.10 Å². The van der Waals surface area contributed by atoms with Crippen LogP contribution in [0.1, 0.15) is 245 Å². The summed E-state index contributed by atoms with van der Waals surface area (Å²) in [7, 11) is 0. The first-order chi connectivity index (χ1) is 29.5. The van der Waals surface area contributed by atoms with Crippen molar-refractivity contribution in [1.82, 2.24) is 0 Å². The standard InChI is InChI=1S/C54H94O6/c1-4-7-10-13-16-19-22-25-26-27-30-32-35-38-41-44-47-53(56)59-50-51(60-54(57)48-45-42-39-36-33-29-24-21-18-15-12-9-6-3)49-58-52(55)46-43-40-37-34-31-28-23-20-17-14-11-8-5-2/h9,12,15,18,21,24,26-28,31,51H,4-8,10-11,13-14,16-17,19-20,22-23,25,29-30,32-50H2,1-3H3/b12-9+,18-15+,24-21+,27-26+,31-28+. The number of rotatable bonds is 45. The quantitative estimate of drug-likeness (QED) is 0.0200. The van der Waals surface area contributed by atoms with Crippen molar-refractivity contribution in [3.63, 3.8) is 0 Å². The maximum absolute atomic E-state index is 12.8. The molecule has 0 aromatic heterocycles. The lowest BCUT2D eigenvalue weighted by atomic mass is 10.1. The maximum atomic E-state index is 12.8. The number of unbranched alkanes of at least 4 members (excludes halogenated alkanes) is 26. The fourth-order valence-corrected chi connectivity index (χ4v) is 6.96. The Kier molecular flexibility index (Phi) is 46.4. The van der Waals surface area contributed by atoms with Crippen molar-refractivity contribution < 1.29 is 28.6 Å². The summed E-state index contributed by atoms with van der Waals surface area (Å²) in [5, 5.41) is 0. The van der Waals surface area contributed by atoms with Gasteiger partial charge >= 0.3 is 17.9 Å². The Bertz CT molecular complexity index is 1100. The van der Waals surface area contributed by atoms with Gasteiger partial charge in [0, 0.05) is 19.3 Å². The Hall–Kier alpha value is -2.89. The van der Waals surface area contributed by atoms with E-state index >= 15 is 0 Å². The van der Waals surface area contributed by atoms with Gasteiger partial charge < -0.3 is 14.2 Å². The first-order valence-electron chi connectivity index (χ1n) is 25.3. The van der Waals surface area contributed by atoms with Crippen molar-refractivity contribution in [2.45, 2.75) is 252 Å². The van der Waals surface area contributed by atoms with Crippen LogP contribution in [0.25, 0.3) is 0 Å². The van der Waals surface area contributed by atoms with Crippen LogP contribution in [0.3, 0.4) is 0 Å². The topological polar surface area (TPSA) is 78.9 Å². The fraction of sp³-hybridized carbons (Fsp3) is 0.759. The Morgan fingerprint density at radius 3 is 1.07 bits per heavy atom. The van der Waals surface area contributed by atoms with E-state index in [1.807, 2.05) is 0 Å². The van der Waals surface area contributed by atoms with Gasteiger partial charge in [-0.2, -0.15) is 0 Å². The minimum Gasteiger partial charge on any atom is -0.462 e. The van der Waals surface area contributed by atoms with Crippen LogP contribution in [-0.4, -0.2) is 37.2 Å². The number of hydrogen-bond acceptors (Lipinski definition) is 6. The van der Waals surface area contributed by atoms with Crippen LogP contribution < -0.4 is 0 Å². The van der Waals surface area contributed by atoms with E-state index in [9.17, 15) is 14.4 Å². The molecule has 0 bridgehead atoms. The highest BCUT2D eigenvalue weighted by molar-refractivity contribution is 5.71. The summed E-state index contributed by atoms with van der Waals surface area (Å²) in [4.78, 5) is 37.9. The summed E-state index contributed by atoms with van der Waals surface area (Å²) in [5.41, 5.74) is 0. The average Bonchev–Trinajstić information content (AvgIpc) is 3.24. The molecular formula is C54H94O6. The number of esters is 3. The minimum absolute atomic E-state index is 0.0916. The third-order valence-electron chi connectivity index (χ3n) is 10.8. The van der Waals surface area contributed by atoms with Crippen LogP contribution in [-0.2, 0) is 28.6 Å². The Morgan fingerprint density at radius 2 is 0.667 bits per heavy atom. The molecule has 0 aliphatic rings. The molecule has 60 heavy (non-hydrogen) atoms. The molecule has 0 N–H and O–H groups in total. The van der Waals surface area contributed by atoms with Gasteiger partial charge in [-0.05, 0) is 89.9 Å². The van der Waals surface area contributed by atoms with Gasteiger partial charge in [-0.3, -0.25) is 14.4 Å². The van der Waals surface area contributed by atoms with E-state index in [-0.39, 0.29) is 31.1 Å². The lowest BCUT2D eigenvalue weighted by Crippen LogP contribution is -2.30. The van der Waals surface area contributed by atoms with Crippen molar-refractivity contribution in [3.05, 3.63) is 60.8 Å². The molecule has 0 spiro atoms. The Labute approximate surface area is 370 Å². The number of ether oxygens (including phenoxy) is 3. The van der Waals surface area contributed by atoms with Crippen LogP contribution in [0.4, 0.5) is 0 Å². The first-order valence-corrected chi connectivity index (χ1v) is 25.3. The molecule has 0 amide bonds. The zero-order valence-corrected chi connectivity index (χ0v) is 39.5. The van der Waals surface area contributed by atoms with Crippen molar-refractivity contribution in [2.24, 2.45) is 0 Å². The third kappa shape index (κ3) is 46.2. The molecule has 1 atom stereocenters. The highest BCUT2D eigenvalue weighted by Crippen LogP contribution is 2.14. The molecule has 0 radical (unpaired) electrons. The van der Waals surface area contributed by atoms with Crippen molar-refractivity contribution in [1.29, 1.82) is 0 Å². The smallest absolute Gasteiger partial charge is 0.306 e. The molecule has 0 heterocycles. The molecule has 0 saturated heterocycles. The van der Waals surface area contributed by atoms with E-state index in [1.165, 1.54) is 103 Å². The van der Waals surface area contributed by atoms with Crippen LogP contribution >= 0.6 is 0 Å². The Morgan fingerprint density at radius 1 is 0.350 bits per heavy atom. The van der Waals surface area contributed by atoms with E-state index in [4.69, 9.17) is 14.2 Å². The SMILES string of the molecule is CC/C=C/C=C/C=C/CCCCCCCC(=O)OC(COC(=O)CCCCC/C=C/CCCCCCCC)COC(=O)CCCCCCC/C=C/CCCCCCCCC. The molecule has 0 aromatic carbocycles. The molecular weight excluding hydrogens is 745 g/mol. The summed E-state index contributed by atoms with van der Waals surface area (Å²) < 4.78 is 16.7. The number of carbonyl (C=O) groups excluding carboxylic acids is 3. The molecule has 0 fully saturated rings. The fourth-order valence-electron chi connectivity index (χ4n) is 6.96. The second kappa shape index (κ2) is 48.8. The van der Waals surface area contributed by atoms with E-state index in [1.54, 1.807) is 0 Å². The lowest BCUT2D eigenvalue weighted by Gasteiger charge is -2.18. The highest BCUT2D eigenvalue weighted by Gasteiger charge is 2.19. The predicted molar refractivity (Wildman–Crippen MR) is 256 cm³/mol. The summed E-state index contributed by atoms with van der Waals surface area (Å²) >= 11 is 0. The number of carbonyl (C=O) groups is 3. The Balaban J connectivity index is 4.42. The number of allylic oxidation sites excluding steroid dienone is 10. The summed E-state index contributed by atoms with van der Waals surface area (Å²) in [6, 6.07) is 0. The molecule has 6 nitrogen and oxygen atoms in total. The summed E-state index contributed by atoms with van der Waals surface area (Å²) in [6.45, 7) is 6.46. The molecule has 0 aromatic rings. The van der Waals surface area contributed by atoms with Crippen molar-refractivity contribution in [3.8, 4) is 0 Å². The maximum Gasteiger partial charge on any atom is 0.306 e. The molecule has 0 rings (SSSR count). The van der Waals surface area contributed by atoms with E-state index < -0.39 is 6.10 Å². The molecule has 1 unspecified atom stereocenters. The van der Waals surface area contributed by atoms with Gasteiger partial charge in [0.05, 0.1) is 0 Å². The van der Waals surface area contributed by atoms with Gasteiger partial charge in [0.2, 0.25) is 0 Å². The lowest BCUT2D eigenvalue weighted by molar-refractivity contribution is -0.167. The molecule has 6 heteroatoms. The first kappa shape index (κ1) is 57.1. The van der Waals surface area contributed by atoms with Crippen LogP contribution in [0.15, 0.2) is 60.8 Å². The predicted octanol–water partition coefficient (Wildman–Crippen LogP) is 16.5. The van der Waals surface area contributed by atoms with Gasteiger partial charge in [-0.1, -0.05) is 197 Å². The zero-order valence-electron chi connectivity index (χ0n) is 39.5. The van der Waals surface area contributed by atoms with Crippen molar-refractivity contribution >= 4 is 17.9 Å². The highest BCUT2D eigenvalue weighted by atomic mass is 16.6.